The standard InChI is InChI=1S/C27H43Cl3N4O3S/c1-2-3-4-5-6-7-8-9-10-11-12-13-14-15-16-17-24(35)32-25(27(28,29)30)33-26(38)31-22-18-20-23(21-19-22)34(36)37/h18-21,25H,2-17H2,1H3,(H,32,35)(H2,31,33,38)/t25-/m1/s1. The number of alkyl halides is 3. The number of benzene rings is 1. The third kappa shape index (κ3) is 17.3. The quantitative estimate of drug-likeness (QED) is 0.0341. The Kier molecular flexibility index (Phi) is 18.7. The topological polar surface area (TPSA) is 96.3 Å². The number of hydrogen-bond donors (Lipinski definition) is 3. The molecule has 0 unspecified atom stereocenters. The van der Waals surface area contributed by atoms with Gasteiger partial charge in [-0.05, 0) is 30.8 Å². The van der Waals surface area contributed by atoms with E-state index in [0.717, 1.165) is 19.3 Å². The average Bonchev–Trinajstić information content (AvgIpc) is 2.85. The maximum Gasteiger partial charge on any atom is 0.269 e. The lowest BCUT2D eigenvalue weighted by Crippen LogP contribution is -2.56. The minimum atomic E-state index is -1.84. The van der Waals surface area contributed by atoms with Crippen molar-refractivity contribution < 1.29 is 9.72 Å². The zero-order valence-electron chi connectivity index (χ0n) is 22.4. The molecule has 7 nitrogen and oxygen atoms in total. The van der Waals surface area contributed by atoms with Crippen LogP contribution < -0.4 is 16.0 Å². The van der Waals surface area contributed by atoms with Gasteiger partial charge in [-0.15, -0.1) is 0 Å². The second-order valence-corrected chi connectivity index (χ2v) is 12.4. The van der Waals surface area contributed by atoms with E-state index in [4.69, 9.17) is 47.0 Å². The molecule has 0 aromatic heterocycles. The minimum Gasteiger partial charge on any atom is -0.339 e. The fourth-order valence-corrected chi connectivity index (χ4v) is 4.62. The lowest BCUT2D eigenvalue weighted by molar-refractivity contribution is -0.384. The highest BCUT2D eigenvalue weighted by atomic mass is 35.6. The van der Waals surface area contributed by atoms with Crippen LogP contribution in [0.5, 0.6) is 0 Å². The molecule has 0 spiro atoms. The molecule has 1 atom stereocenters. The van der Waals surface area contributed by atoms with Gasteiger partial charge in [-0.2, -0.15) is 0 Å². The van der Waals surface area contributed by atoms with Gasteiger partial charge in [0.05, 0.1) is 4.92 Å². The molecule has 0 radical (unpaired) electrons. The van der Waals surface area contributed by atoms with Crippen molar-refractivity contribution in [2.75, 3.05) is 5.32 Å². The van der Waals surface area contributed by atoms with Gasteiger partial charge in [-0.25, -0.2) is 0 Å². The normalized spacial score (nSPS) is 12.1. The van der Waals surface area contributed by atoms with Gasteiger partial charge in [0.25, 0.3) is 5.69 Å². The third-order valence-electron chi connectivity index (χ3n) is 6.25. The molecule has 1 rings (SSSR count). The highest BCUT2D eigenvalue weighted by Gasteiger charge is 2.34. The van der Waals surface area contributed by atoms with Crippen LogP contribution in [-0.2, 0) is 4.79 Å². The Morgan fingerprint density at radius 1 is 0.842 bits per heavy atom. The summed E-state index contributed by atoms with van der Waals surface area (Å²) in [5.41, 5.74) is 0.472. The van der Waals surface area contributed by atoms with E-state index in [0.29, 0.717) is 12.1 Å². The molecule has 216 valence electrons. The first-order valence-corrected chi connectivity index (χ1v) is 15.4. The summed E-state index contributed by atoms with van der Waals surface area (Å²) in [5, 5.41) is 19.2. The number of unbranched alkanes of at least 4 members (excludes halogenated alkanes) is 14. The smallest absolute Gasteiger partial charge is 0.269 e. The molecule has 0 aliphatic carbocycles. The van der Waals surface area contributed by atoms with Gasteiger partial charge in [0, 0.05) is 24.2 Å². The number of nitrogens with one attached hydrogen (secondary N) is 3. The van der Waals surface area contributed by atoms with E-state index < -0.39 is 14.9 Å². The van der Waals surface area contributed by atoms with Crippen LogP contribution in [0, 0.1) is 10.1 Å². The number of halogens is 3. The van der Waals surface area contributed by atoms with Crippen LogP contribution in [-0.4, -0.2) is 25.9 Å². The van der Waals surface area contributed by atoms with E-state index >= 15 is 0 Å². The van der Waals surface area contributed by atoms with Crippen molar-refractivity contribution in [3.63, 3.8) is 0 Å². The van der Waals surface area contributed by atoms with Gasteiger partial charge in [0.2, 0.25) is 9.70 Å². The molecule has 3 N–H and O–H groups in total. The maximum absolute atomic E-state index is 12.4. The van der Waals surface area contributed by atoms with Gasteiger partial charge >= 0.3 is 0 Å². The summed E-state index contributed by atoms with van der Waals surface area (Å²) in [6.45, 7) is 2.25. The lowest BCUT2D eigenvalue weighted by atomic mass is 10.0. The number of nitro benzene ring substituents is 1. The van der Waals surface area contributed by atoms with E-state index in [-0.39, 0.29) is 16.7 Å². The Bertz CT molecular complexity index is 823. The number of hydrogen-bond acceptors (Lipinski definition) is 4. The molecule has 0 saturated carbocycles. The van der Waals surface area contributed by atoms with Crippen LogP contribution in [0.25, 0.3) is 0 Å². The molecule has 0 heterocycles. The van der Waals surface area contributed by atoms with Crippen molar-refractivity contribution >= 4 is 69.4 Å². The van der Waals surface area contributed by atoms with Crippen LogP contribution in [0.15, 0.2) is 24.3 Å². The number of thiocarbonyl (C=S) groups is 1. The van der Waals surface area contributed by atoms with Crippen molar-refractivity contribution in [3.8, 4) is 0 Å². The van der Waals surface area contributed by atoms with Crippen molar-refractivity contribution in [2.45, 2.75) is 120 Å². The summed E-state index contributed by atoms with van der Waals surface area (Å²) < 4.78 is -1.84. The minimum absolute atomic E-state index is 0.0420. The molecule has 0 aliphatic heterocycles. The number of carbonyl (C=O) groups excluding carboxylic acids is 1. The van der Waals surface area contributed by atoms with Crippen LogP contribution in [0.1, 0.15) is 110 Å². The van der Waals surface area contributed by atoms with E-state index in [1.165, 1.54) is 101 Å². The first-order valence-electron chi connectivity index (χ1n) is 13.8. The summed E-state index contributed by atoms with van der Waals surface area (Å²) in [6, 6.07) is 5.70. The number of rotatable bonds is 20. The monoisotopic (exact) mass is 608 g/mol. The van der Waals surface area contributed by atoms with Crippen LogP contribution in [0.2, 0.25) is 0 Å². The SMILES string of the molecule is CCCCCCCCCCCCCCCCCC(=O)N[C@H](NC(=S)Nc1ccc([N+](=O)[O-])cc1)C(Cl)(Cl)Cl. The average molecular weight is 610 g/mol. The number of carbonyl (C=O) groups is 1. The van der Waals surface area contributed by atoms with Crippen molar-refractivity contribution in [3.05, 3.63) is 34.4 Å². The second-order valence-electron chi connectivity index (χ2n) is 9.64. The molecule has 11 heteroatoms. The van der Waals surface area contributed by atoms with Gasteiger partial charge in [0.15, 0.2) is 5.11 Å². The fraction of sp³-hybridized carbons (Fsp3) is 0.704. The number of non-ortho nitro benzene ring substituents is 1. The van der Waals surface area contributed by atoms with Gasteiger partial charge in [0.1, 0.15) is 6.17 Å². The van der Waals surface area contributed by atoms with Gasteiger partial charge in [-0.1, -0.05) is 132 Å². The largest absolute Gasteiger partial charge is 0.339 e. The molecule has 0 saturated heterocycles. The van der Waals surface area contributed by atoms with Gasteiger partial charge < -0.3 is 16.0 Å². The predicted octanol–water partition coefficient (Wildman–Crippen LogP) is 8.96. The molecule has 38 heavy (non-hydrogen) atoms. The first kappa shape index (κ1) is 34.7. The van der Waals surface area contributed by atoms with Crippen LogP contribution in [0.4, 0.5) is 11.4 Å². The Labute approximate surface area is 248 Å². The highest BCUT2D eigenvalue weighted by Crippen LogP contribution is 2.29. The molecule has 0 aliphatic rings. The summed E-state index contributed by atoms with van der Waals surface area (Å²) >= 11 is 23.3. The van der Waals surface area contributed by atoms with Crippen molar-refractivity contribution in [1.29, 1.82) is 0 Å². The molecule has 0 bridgehead atoms. The third-order valence-corrected chi connectivity index (χ3v) is 7.13. The van der Waals surface area contributed by atoms with E-state index in [1.54, 1.807) is 0 Å². The Balaban J connectivity index is 2.17. The molecule has 1 aromatic carbocycles. The zero-order valence-corrected chi connectivity index (χ0v) is 25.5. The Morgan fingerprint density at radius 2 is 1.29 bits per heavy atom. The summed E-state index contributed by atoms with van der Waals surface area (Å²) in [5.74, 6) is -0.235. The molecular formula is C27H43Cl3N4O3S. The number of nitro groups is 1. The Morgan fingerprint density at radius 3 is 1.71 bits per heavy atom. The van der Waals surface area contributed by atoms with E-state index in [9.17, 15) is 14.9 Å². The maximum atomic E-state index is 12.4. The Hall–Kier alpha value is -1.35. The molecular weight excluding hydrogens is 567 g/mol. The van der Waals surface area contributed by atoms with Crippen molar-refractivity contribution in [1.82, 2.24) is 10.6 Å². The van der Waals surface area contributed by atoms with E-state index in [2.05, 4.69) is 22.9 Å². The van der Waals surface area contributed by atoms with Crippen LogP contribution in [0.3, 0.4) is 0 Å². The second kappa shape index (κ2) is 20.5. The highest BCUT2D eigenvalue weighted by molar-refractivity contribution is 7.80. The van der Waals surface area contributed by atoms with Crippen LogP contribution >= 0.6 is 47.0 Å². The molecule has 0 fully saturated rings. The predicted molar refractivity (Wildman–Crippen MR) is 164 cm³/mol. The first-order chi connectivity index (χ1) is 18.1. The number of amides is 1. The fourth-order valence-electron chi connectivity index (χ4n) is 4.05. The van der Waals surface area contributed by atoms with Gasteiger partial charge in [-0.3, -0.25) is 14.9 Å². The van der Waals surface area contributed by atoms with Crippen molar-refractivity contribution in [2.24, 2.45) is 0 Å². The lowest BCUT2D eigenvalue weighted by Gasteiger charge is -2.27. The summed E-state index contributed by atoms with van der Waals surface area (Å²) in [7, 11) is 0. The summed E-state index contributed by atoms with van der Waals surface area (Å²) in [6.07, 6.45) is 18.1. The number of nitrogens with zero attached hydrogens (tertiary/aromatic N) is 1. The zero-order chi connectivity index (χ0) is 28.2. The molecule has 1 amide bonds. The summed E-state index contributed by atoms with van der Waals surface area (Å²) in [4.78, 5) is 22.7. The van der Waals surface area contributed by atoms with E-state index in [1.807, 2.05) is 0 Å². The molecule has 1 aromatic rings. The number of anilines is 1.